The van der Waals surface area contributed by atoms with Crippen LogP contribution in [0.5, 0.6) is 0 Å². The Morgan fingerprint density at radius 3 is 2.56 bits per heavy atom. The molecule has 2 saturated heterocycles. The second-order valence-electron chi connectivity index (χ2n) is 5.29. The van der Waals surface area contributed by atoms with Gasteiger partial charge in [-0.1, -0.05) is 6.92 Å². The van der Waals surface area contributed by atoms with Crippen molar-refractivity contribution in [3.05, 3.63) is 0 Å². The van der Waals surface area contributed by atoms with Crippen LogP contribution in [-0.4, -0.2) is 53.8 Å². The molecule has 0 aliphatic carbocycles. The molecule has 18 heavy (non-hydrogen) atoms. The van der Waals surface area contributed by atoms with Gasteiger partial charge in [0.05, 0.1) is 6.61 Å². The van der Waals surface area contributed by atoms with Crippen molar-refractivity contribution < 1.29 is 19.4 Å². The number of amides is 2. The quantitative estimate of drug-likeness (QED) is 0.761. The summed E-state index contributed by atoms with van der Waals surface area (Å²) >= 11 is 0. The molecule has 0 saturated carbocycles. The maximum atomic E-state index is 12.1. The predicted molar refractivity (Wildman–Crippen MR) is 64.3 cm³/mol. The Morgan fingerprint density at radius 1 is 1.39 bits per heavy atom. The number of piperidine rings is 1. The number of hydrogen-bond acceptors (Lipinski definition) is 3. The highest BCUT2D eigenvalue weighted by molar-refractivity contribution is 5.86. The van der Waals surface area contributed by atoms with Gasteiger partial charge in [-0.15, -0.1) is 0 Å². The van der Waals surface area contributed by atoms with Crippen LogP contribution in [0.25, 0.3) is 0 Å². The second kappa shape index (κ2) is 5.14. The fraction of sp³-hybridized carbons (Fsp3) is 0.833. The third-order valence-corrected chi connectivity index (χ3v) is 3.85. The van der Waals surface area contributed by atoms with Crippen LogP contribution in [0.3, 0.4) is 0 Å². The molecule has 102 valence electrons. The van der Waals surface area contributed by atoms with Crippen LogP contribution in [0.1, 0.15) is 26.2 Å². The summed E-state index contributed by atoms with van der Waals surface area (Å²) in [6.07, 6.45) is 2.28. The van der Waals surface area contributed by atoms with Crippen LogP contribution < -0.4 is 5.32 Å². The second-order valence-corrected chi connectivity index (χ2v) is 5.29. The predicted octanol–water partition coefficient (Wildman–Crippen LogP) is 0.672. The zero-order valence-corrected chi connectivity index (χ0v) is 10.6. The Morgan fingerprint density at radius 2 is 2.06 bits per heavy atom. The third-order valence-electron chi connectivity index (χ3n) is 3.85. The Kier molecular flexibility index (Phi) is 3.75. The number of likely N-dealkylation sites (tertiary alicyclic amines) is 1. The molecular formula is C12H20N2O4. The molecule has 2 aliphatic heterocycles. The molecule has 6 heteroatoms. The number of ether oxygens (including phenoxy) is 1. The van der Waals surface area contributed by atoms with E-state index in [2.05, 4.69) is 12.2 Å². The number of aliphatic carboxylic acids is 1. The summed E-state index contributed by atoms with van der Waals surface area (Å²) in [6, 6.07) is -0.283. The van der Waals surface area contributed by atoms with Crippen molar-refractivity contribution >= 4 is 12.0 Å². The molecule has 0 spiro atoms. The monoisotopic (exact) mass is 256 g/mol. The molecule has 2 N–H and O–H groups in total. The van der Waals surface area contributed by atoms with Crippen molar-refractivity contribution in [3.63, 3.8) is 0 Å². The van der Waals surface area contributed by atoms with Crippen molar-refractivity contribution in [1.29, 1.82) is 0 Å². The first-order valence-electron chi connectivity index (χ1n) is 6.42. The van der Waals surface area contributed by atoms with Gasteiger partial charge in [-0.05, 0) is 18.8 Å². The van der Waals surface area contributed by atoms with Gasteiger partial charge in [0.25, 0.3) is 0 Å². The van der Waals surface area contributed by atoms with Gasteiger partial charge in [0.1, 0.15) is 0 Å². The lowest BCUT2D eigenvalue weighted by atomic mass is 9.98. The molecule has 2 fully saturated rings. The van der Waals surface area contributed by atoms with Crippen LogP contribution in [-0.2, 0) is 9.53 Å². The Labute approximate surface area is 106 Å². The summed E-state index contributed by atoms with van der Waals surface area (Å²) in [5.41, 5.74) is -1.24. The van der Waals surface area contributed by atoms with Crippen molar-refractivity contribution in [2.24, 2.45) is 5.92 Å². The summed E-state index contributed by atoms with van der Waals surface area (Å²) in [5, 5.41) is 11.9. The molecule has 2 amide bonds. The number of urea groups is 1. The summed E-state index contributed by atoms with van der Waals surface area (Å²) in [4.78, 5) is 25.0. The van der Waals surface area contributed by atoms with E-state index in [4.69, 9.17) is 4.74 Å². The number of carboxylic acids is 1. The molecule has 2 heterocycles. The van der Waals surface area contributed by atoms with E-state index in [0.717, 1.165) is 12.8 Å². The minimum atomic E-state index is -1.24. The molecule has 2 rings (SSSR count). The first kappa shape index (κ1) is 13.1. The summed E-state index contributed by atoms with van der Waals surface area (Å²) in [6.45, 7) is 3.99. The van der Waals surface area contributed by atoms with Gasteiger partial charge in [-0.3, -0.25) is 0 Å². The van der Waals surface area contributed by atoms with Crippen LogP contribution in [0.4, 0.5) is 4.79 Å². The zero-order valence-electron chi connectivity index (χ0n) is 10.6. The summed E-state index contributed by atoms with van der Waals surface area (Å²) in [7, 11) is 0. The molecule has 6 nitrogen and oxygen atoms in total. The number of nitrogens with zero attached hydrogens (tertiary/aromatic N) is 1. The van der Waals surface area contributed by atoms with Crippen LogP contribution in [0.2, 0.25) is 0 Å². The van der Waals surface area contributed by atoms with Crippen LogP contribution in [0.15, 0.2) is 0 Å². The van der Waals surface area contributed by atoms with Gasteiger partial charge in [0.15, 0.2) is 5.54 Å². The van der Waals surface area contributed by atoms with Crippen molar-refractivity contribution in [2.75, 3.05) is 26.3 Å². The minimum Gasteiger partial charge on any atom is -0.479 e. The molecule has 0 bridgehead atoms. The Hall–Kier alpha value is -1.30. The van der Waals surface area contributed by atoms with E-state index in [0.29, 0.717) is 32.0 Å². The van der Waals surface area contributed by atoms with E-state index in [1.807, 2.05) is 0 Å². The molecule has 1 atom stereocenters. The number of hydrogen-bond donors (Lipinski definition) is 2. The number of rotatable bonds is 2. The maximum absolute atomic E-state index is 12.1. The first-order valence-corrected chi connectivity index (χ1v) is 6.42. The minimum absolute atomic E-state index is 0.0539. The third kappa shape index (κ3) is 2.58. The highest BCUT2D eigenvalue weighted by Crippen LogP contribution is 2.21. The van der Waals surface area contributed by atoms with E-state index in [-0.39, 0.29) is 12.6 Å². The average Bonchev–Trinajstić information content (AvgIpc) is 2.79. The molecular weight excluding hydrogens is 236 g/mol. The molecule has 1 unspecified atom stereocenters. The van der Waals surface area contributed by atoms with Gasteiger partial charge in [0.2, 0.25) is 0 Å². The van der Waals surface area contributed by atoms with E-state index < -0.39 is 11.5 Å². The van der Waals surface area contributed by atoms with Crippen LogP contribution in [0, 0.1) is 5.92 Å². The lowest BCUT2D eigenvalue weighted by Gasteiger charge is -2.33. The lowest BCUT2D eigenvalue weighted by molar-refractivity contribution is -0.144. The van der Waals surface area contributed by atoms with E-state index in [1.54, 1.807) is 4.90 Å². The van der Waals surface area contributed by atoms with Crippen molar-refractivity contribution in [3.8, 4) is 0 Å². The molecule has 0 aromatic rings. The summed E-state index contributed by atoms with van der Waals surface area (Å²) < 4.78 is 5.11. The van der Waals surface area contributed by atoms with Gasteiger partial charge in [-0.2, -0.15) is 0 Å². The lowest BCUT2D eigenvalue weighted by Crippen LogP contribution is -2.59. The Balaban J connectivity index is 1.95. The molecule has 2 aliphatic rings. The van der Waals surface area contributed by atoms with Gasteiger partial charge in [-0.25, -0.2) is 9.59 Å². The van der Waals surface area contributed by atoms with Gasteiger partial charge >= 0.3 is 12.0 Å². The zero-order chi connectivity index (χ0) is 13.2. The largest absolute Gasteiger partial charge is 0.479 e. The van der Waals surface area contributed by atoms with Gasteiger partial charge < -0.3 is 20.1 Å². The Bertz CT molecular complexity index is 331. The molecule has 0 radical (unpaired) electrons. The smallest absolute Gasteiger partial charge is 0.332 e. The fourth-order valence-corrected chi connectivity index (χ4v) is 2.38. The molecule has 0 aromatic carbocycles. The first-order chi connectivity index (χ1) is 8.53. The fourth-order valence-electron chi connectivity index (χ4n) is 2.38. The highest BCUT2D eigenvalue weighted by Gasteiger charge is 2.44. The number of carboxylic acid groups (broad SMARTS) is 1. The summed E-state index contributed by atoms with van der Waals surface area (Å²) in [5.74, 6) is -0.379. The van der Waals surface area contributed by atoms with E-state index in [9.17, 15) is 14.7 Å². The maximum Gasteiger partial charge on any atom is 0.332 e. The molecule has 0 aromatic heterocycles. The number of carbonyl (C=O) groups excluding carboxylic acids is 1. The van der Waals surface area contributed by atoms with Crippen LogP contribution >= 0.6 is 0 Å². The highest BCUT2D eigenvalue weighted by atomic mass is 16.5. The normalized spacial score (nSPS) is 29.3. The van der Waals surface area contributed by atoms with Crippen molar-refractivity contribution in [2.45, 2.75) is 31.7 Å². The number of carbonyl (C=O) groups is 2. The van der Waals surface area contributed by atoms with E-state index >= 15 is 0 Å². The van der Waals surface area contributed by atoms with Crippen molar-refractivity contribution in [1.82, 2.24) is 10.2 Å². The number of nitrogens with one attached hydrogen (secondary N) is 1. The SMILES string of the molecule is CC1CCN(C(=O)NC2(C(=O)O)CCOC2)CC1. The van der Waals surface area contributed by atoms with E-state index in [1.165, 1.54) is 0 Å². The topological polar surface area (TPSA) is 78.9 Å². The standard InChI is InChI=1S/C12H20N2O4/c1-9-2-5-14(6-3-9)11(17)13-12(10(15)16)4-7-18-8-12/h9H,2-8H2,1H3,(H,13,17)(H,15,16). The average molecular weight is 256 g/mol. The van der Waals surface area contributed by atoms with Gasteiger partial charge in [0, 0.05) is 26.1 Å².